The average molecular weight is 184 g/mol. The summed E-state index contributed by atoms with van der Waals surface area (Å²) in [6.07, 6.45) is 6.53. The zero-order valence-electron chi connectivity index (χ0n) is 9.13. The molecule has 0 bridgehead atoms. The maximum absolute atomic E-state index is 6.02. The summed E-state index contributed by atoms with van der Waals surface area (Å²) < 4.78 is 0. The van der Waals surface area contributed by atoms with Crippen molar-refractivity contribution in [3.8, 4) is 0 Å². The molecule has 2 N–H and O–H groups in total. The molecule has 1 aliphatic rings. The molecular weight excluding hydrogens is 160 g/mol. The van der Waals surface area contributed by atoms with Crippen LogP contribution in [-0.4, -0.2) is 31.1 Å². The summed E-state index contributed by atoms with van der Waals surface area (Å²) in [4.78, 5) is 2.42. The quantitative estimate of drug-likeness (QED) is 0.706. The first-order chi connectivity index (χ1) is 6.24. The molecule has 0 aliphatic heterocycles. The first kappa shape index (κ1) is 11.0. The highest BCUT2D eigenvalue weighted by Crippen LogP contribution is 2.26. The SMILES string of the molecule is CCCN(C)CCC1CCCC1N. The van der Waals surface area contributed by atoms with E-state index in [9.17, 15) is 0 Å². The van der Waals surface area contributed by atoms with E-state index < -0.39 is 0 Å². The van der Waals surface area contributed by atoms with E-state index in [0.717, 1.165) is 5.92 Å². The molecule has 0 aromatic carbocycles. The van der Waals surface area contributed by atoms with Gasteiger partial charge >= 0.3 is 0 Å². The van der Waals surface area contributed by atoms with Gasteiger partial charge in [-0.15, -0.1) is 0 Å². The first-order valence-corrected chi connectivity index (χ1v) is 5.68. The minimum atomic E-state index is 0.495. The molecule has 0 heterocycles. The zero-order valence-corrected chi connectivity index (χ0v) is 9.13. The smallest absolute Gasteiger partial charge is 0.00676 e. The van der Waals surface area contributed by atoms with Crippen LogP contribution in [0, 0.1) is 5.92 Å². The topological polar surface area (TPSA) is 29.3 Å². The standard InChI is InChI=1S/C11H24N2/c1-3-8-13(2)9-7-10-5-4-6-11(10)12/h10-11H,3-9,12H2,1-2H3. The minimum absolute atomic E-state index is 0.495. The van der Waals surface area contributed by atoms with Gasteiger partial charge in [0.05, 0.1) is 0 Å². The average Bonchev–Trinajstić information content (AvgIpc) is 2.48. The van der Waals surface area contributed by atoms with Crippen LogP contribution in [-0.2, 0) is 0 Å². The molecule has 0 saturated heterocycles. The Bertz CT molecular complexity index is 136. The summed E-state index contributed by atoms with van der Waals surface area (Å²) in [6.45, 7) is 4.69. The molecule has 0 spiro atoms. The van der Waals surface area contributed by atoms with E-state index in [2.05, 4.69) is 18.9 Å². The van der Waals surface area contributed by atoms with Crippen molar-refractivity contribution in [3.05, 3.63) is 0 Å². The summed E-state index contributed by atoms with van der Waals surface area (Å²) in [5.41, 5.74) is 6.02. The lowest BCUT2D eigenvalue weighted by Gasteiger charge is -2.20. The van der Waals surface area contributed by atoms with E-state index >= 15 is 0 Å². The fourth-order valence-electron chi connectivity index (χ4n) is 2.30. The van der Waals surface area contributed by atoms with Crippen molar-refractivity contribution in [2.75, 3.05) is 20.1 Å². The van der Waals surface area contributed by atoms with Crippen LogP contribution in [0.1, 0.15) is 39.0 Å². The molecule has 2 heteroatoms. The maximum atomic E-state index is 6.02. The Balaban J connectivity index is 2.10. The van der Waals surface area contributed by atoms with Gasteiger partial charge in [0.2, 0.25) is 0 Å². The second-order valence-corrected chi connectivity index (χ2v) is 4.45. The molecular formula is C11H24N2. The number of nitrogens with zero attached hydrogens (tertiary/aromatic N) is 1. The molecule has 0 aromatic heterocycles. The Morgan fingerprint density at radius 3 is 2.62 bits per heavy atom. The van der Waals surface area contributed by atoms with Crippen LogP contribution < -0.4 is 5.73 Å². The number of hydrogen-bond donors (Lipinski definition) is 1. The van der Waals surface area contributed by atoms with Crippen molar-refractivity contribution in [3.63, 3.8) is 0 Å². The maximum Gasteiger partial charge on any atom is 0.00676 e. The molecule has 1 fully saturated rings. The van der Waals surface area contributed by atoms with Crippen LogP contribution >= 0.6 is 0 Å². The third-order valence-electron chi connectivity index (χ3n) is 3.20. The fourth-order valence-corrected chi connectivity index (χ4v) is 2.30. The Labute approximate surface area is 82.5 Å². The van der Waals surface area contributed by atoms with Crippen LogP contribution in [0.5, 0.6) is 0 Å². The van der Waals surface area contributed by atoms with E-state index in [4.69, 9.17) is 5.73 Å². The molecule has 2 nitrogen and oxygen atoms in total. The summed E-state index contributed by atoms with van der Waals surface area (Å²) in [6, 6.07) is 0.495. The largest absolute Gasteiger partial charge is 0.327 e. The van der Waals surface area contributed by atoms with Gasteiger partial charge in [0.25, 0.3) is 0 Å². The first-order valence-electron chi connectivity index (χ1n) is 5.68. The van der Waals surface area contributed by atoms with Gasteiger partial charge < -0.3 is 10.6 Å². The predicted octanol–water partition coefficient (Wildman–Crippen LogP) is 1.85. The highest BCUT2D eigenvalue weighted by Gasteiger charge is 2.23. The third-order valence-corrected chi connectivity index (χ3v) is 3.20. The number of hydrogen-bond acceptors (Lipinski definition) is 2. The number of nitrogens with two attached hydrogens (primary N) is 1. The molecule has 0 radical (unpaired) electrons. The summed E-state index contributed by atoms with van der Waals surface area (Å²) in [5.74, 6) is 0.805. The van der Waals surface area contributed by atoms with Gasteiger partial charge in [-0.25, -0.2) is 0 Å². The van der Waals surface area contributed by atoms with E-state index in [1.54, 1.807) is 0 Å². The molecule has 13 heavy (non-hydrogen) atoms. The Kier molecular flexibility index (Phi) is 4.74. The summed E-state index contributed by atoms with van der Waals surface area (Å²) >= 11 is 0. The lowest BCUT2D eigenvalue weighted by atomic mass is 10.0. The third kappa shape index (κ3) is 3.65. The van der Waals surface area contributed by atoms with Gasteiger partial charge in [-0.1, -0.05) is 13.3 Å². The van der Waals surface area contributed by atoms with Crippen LogP contribution in [0.25, 0.3) is 0 Å². The van der Waals surface area contributed by atoms with Gasteiger partial charge in [0.1, 0.15) is 0 Å². The van der Waals surface area contributed by atoms with Crippen molar-refractivity contribution >= 4 is 0 Å². The second kappa shape index (κ2) is 5.61. The zero-order chi connectivity index (χ0) is 9.68. The number of rotatable bonds is 5. The van der Waals surface area contributed by atoms with Crippen LogP contribution in [0.4, 0.5) is 0 Å². The molecule has 1 aliphatic carbocycles. The van der Waals surface area contributed by atoms with Crippen molar-refractivity contribution in [1.82, 2.24) is 4.90 Å². The van der Waals surface area contributed by atoms with Crippen LogP contribution in [0.2, 0.25) is 0 Å². The van der Waals surface area contributed by atoms with Gasteiger partial charge in [-0.05, 0) is 51.7 Å². The van der Waals surface area contributed by atoms with E-state index in [0.29, 0.717) is 6.04 Å². The lowest BCUT2D eigenvalue weighted by molar-refractivity contribution is 0.293. The molecule has 0 aromatic rings. The molecule has 2 unspecified atom stereocenters. The normalized spacial score (nSPS) is 28.6. The van der Waals surface area contributed by atoms with Crippen molar-refractivity contribution in [1.29, 1.82) is 0 Å². The summed E-state index contributed by atoms with van der Waals surface area (Å²) in [5, 5.41) is 0. The Hall–Kier alpha value is -0.0800. The van der Waals surface area contributed by atoms with Gasteiger partial charge in [0, 0.05) is 6.04 Å². The summed E-state index contributed by atoms with van der Waals surface area (Å²) in [7, 11) is 2.21. The van der Waals surface area contributed by atoms with Crippen molar-refractivity contribution in [2.24, 2.45) is 11.7 Å². The van der Waals surface area contributed by atoms with Gasteiger partial charge in [0.15, 0.2) is 0 Å². The van der Waals surface area contributed by atoms with E-state index in [1.807, 2.05) is 0 Å². The van der Waals surface area contributed by atoms with Crippen LogP contribution in [0.3, 0.4) is 0 Å². The van der Waals surface area contributed by atoms with Crippen molar-refractivity contribution < 1.29 is 0 Å². The van der Waals surface area contributed by atoms with E-state index in [1.165, 1.54) is 45.2 Å². The molecule has 1 rings (SSSR count). The predicted molar refractivity (Wildman–Crippen MR) is 57.7 cm³/mol. The molecule has 0 amide bonds. The monoisotopic (exact) mass is 184 g/mol. The van der Waals surface area contributed by atoms with Gasteiger partial charge in [-0.2, -0.15) is 0 Å². The van der Waals surface area contributed by atoms with Crippen LogP contribution in [0.15, 0.2) is 0 Å². The Morgan fingerprint density at radius 2 is 2.08 bits per heavy atom. The highest BCUT2D eigenvalue weighted by molar-refractivity contribution is 4.80. The minimum Gasteiger partial charge on any atom is -0.327 e. The van der Waals surface area contributed by atoms with Crippen molar-refractivity contribution in [2.45, 2.75) is 45.1 Å². The Morgan fingerprint density at radius 1 is 1.31 bits per heavy atom. The molecule has 2 atom stereocenters. The highest BCUT2D eigenvalue weighted by atomic mass is 15.1. The molecule has 78 valence electrons. The van der Waals surface area contributed by atoms with Gasteiger partial charge in [-0.3, -0.25) is 0 Å². The van der Waals surface area contributed by atoms with E-state index in [-0.39, 0.29) is 0 Å². The molecule has 1 saturated carbocycles. The fraction of sp³-hybridized carbons (Fsp3) is 1.00. The second-order valence-electron chi connectivity index (χ2n) is 4.45. The lowest BCUT2D eigenvalue weighted by Crippen LogP contribution is -2.29.